The third kappa shape index (κ3) is 4.59. The average molecular weight is 418 g/mol. The van der Waals surface area contributed by atoms with Crippen molar-refractivity contribution in [2.45, 2.75) is 31.5 Å². The van der Waals surface area contributed by atoms with Crippen molar-refractivity contribution in [3.05, 3.63) is 59.4 Å². The van der Waals surface area contributed by atoms with Gasteiger partial charge in [0.1, 0.15) is 11.0 Å². The molecule has 0 fully saturated rings. The molecule has 28 heavy (non-hydrogen) atoms. The zero-order valence-corrected chi connectivity index (χ0v) is 18.0. The highest BCUT2D eigenvalue weighted by atomic mass is 35.5. The maximum Gasteiger partial charge on any atom is 0.233 e. The van der Waals surface area contributed by atoms with Gasteiger partial charge in [0.15, 0.2) is 5.16 Å². The first-order chi connectivity index (χ1) is 13.4. The van der Waals surface area contributed by atoms with Crippen LogP contribution in [0.25, 0.3) is 5.69 Å². The lowest BCUT2D eigenvalue weighted by molar-refractivity contribution is -0.127. The summed E-state index contributed by atoms with van der Waals surface area (Å²) in [5.41, 5.74) is 2.33. The van der Waals surface area contributed by atoms with Crippen LogP contribution in [0.15, 0.2) is 48.0 Å². The van der Waals surface area contributed by atoms with Gasteiger partial charge in [-0.15, -0.1) is 0 Å². The van der Waals surface area contributed by atoms with Gasteiger partial charge < -0.3 is 9.47 Å². The number of carbonyl (C=O) groups excluding carboxylic acids is 1. The number of rotatable bonds is 7. The Bertz CT molecular complexity index is 948. The molecule has 0 N–H and O–H groups in total. The second-order valence-corrected chi connectivity index (χ2v) is 8.25. The Labute approximate surface area is 174 Å². The second-order valence-electron chi connectivity index (χ2n) is 6.92. The van der Waals surface area contributed by atoms with Gasteiger partial charge in [0, 0.05) is 32.2 Å². The zero-order valence-electron chi connectivity index (χ0n) is 16.5. The van der Waals surface area contributed by atoms with Crippen molar-refractivity contribution < 1.29 is 4.79 Å². The molecular formula is C20H24ClN5OS. The number of carbonyl (C=O) groups is 1. The molecule has 0 aliphatic carbocycles. The van der Waals surface area contributed by atoms with Crippen LogP contribution in [-0.2, 0) is 18.4 Å². The smallest absolute Gasteiger partial charge is 0.233 e. The van der Waals surface area contributed by atoms with Gasteiger partial charge in [0.2, 0.25) is 5.91 Å². The molecule has 0 unspecified atom stereocenters. The van der Waals surface area contributed by atoms with Crippen LogP contribution in [0.2, 0.25) is 5.15 Å². The molecule has 3 rings (SSSR count). The first kappa shape index (κ1) is 20.5. The molecule has 0 spiro atoms. The van der Waals surface area contributed by atoms with Crippen molar-refractivity contribution >= 4 is 29.3 Å². The summed E-state index contributed by atoms with van der Waals surface area (Å²) in [6.07, 6.45) is 5.25. The summed E-state index contributed by atoms with van der Waals surface area (Å²) in [6.45, 7) is 4.76. The van der Waals surface area contributed by atoms with Crippen molar-refractivity contribution in [2.75, 3.05) is 12.8 Å². The molecule has 6 nitrogen and oxygen atoms in total. The van der Waals surface area contributed by atoms with E-state index in [9.17, 15) is 4.79 Å². The van der Waals surface area contributed by atoms with Gasteiger partial charge in [-0.25, -0.2) is 9.97 Å². The highest BCUT2D eigenvalue weighted by molar-refractivity contribution is 7.99. The molecule has 8 heteroatoms. The number of halogens is 1. The van der Waals surface area contributed by atoms with E-state index in [1.54, 1.807) is 28.9 Å². The molecular weight excluding hydrogens is 394 g/mol. The van der Waals surface area contributed by atoms with Crippen LogP contribution in [0.4, 0.5) is 0 Å². The van der Waals surface area contributed by atoms with Crippen molar-refractivity contribution in [2.24, 2.45) is 7.05 Å². The number of nitrogens with zero attached hydrogens (tertiary/aromatic N) is 5. The number of benzene rings is 1. The molecule has 0 radical (unpaired) electrons. The summed E-state index contributed by atoms with van der Waals surface area (Å²) in [6, 6.07) is 8.43. The summed E-state index contributed by atoms with van der Waals surface area (Å²) in [4.78, 5) is 22.8. The summed E-state index contributed by atoms with van der Waals surface area (Å²) in [5, 5.41) is 1.34. The van der Waals surface area contributed by atoms with Crippen molar-refractivity contribution in [3.8, 4) is 5.69 Å². The Morgan fingerprint density at radius 1 is 1.25 bits per heavy atom. The Kier molecular flexibility index (Phi) is 6.46. The number of imidazole rings is 2. The minimum atomic E-state index is 0.00817. The molecule has 0 bridgehead atoms. The van der Waals surface area contributed by atoms with E-state index in [1.165, 1.54) is 17.3 Å². The SMILES string of the molecule is CC(C)c1ccc(-n2ccnc2SCC(=O)N(C)Cc2ncc(Cl)n2C)cc1. The lowest BCUT2D eigenvalue weighted by atomic mass is 10.0. The molecule has 0 saturated heterocycles. The molecule has 0 atom stereocenters. The average Bonchev–Trinajstić information content (AvgIpc) is 3.28. The van der Waals surface area contributed by atoms with E-state index >= 15 is 0 Å². The van der Waals surface area contributed by atoms with E-state index in [-0.39, 0.29) is 5.91 Å². The van der Waals surface area contributed by atoms with Crippen LogP contribution >= 0.6 is 23.4 Å². The van der Waals surface area contributed by atoms with E-state index in [1.807, 2.05) is 17.8 Å². The fraction of sp³-hybridized carbons (Fsp3) is 0.350. The maximum atomic E-state index is 12.5. The molecule has 1 amide bonds. The van der Waals surface area contributed by atoms with Crippen LogP contribution in [-0.4, -0.2) is 42.7 Å². The quantitative estimate of drug-likeness (QED) is 0.542. The van der Waals surface area contributed by atoms with E-state index in [4.69, 9.17) is 11.6 Å². The predicted molar refractivity (Wildman–Crippen MR) is 113 cm³/mol. The Morgan fingerprint density at radius 3 is 2.57 bits per heavy atom. The van der Waals surface area contributed by atoms with Crippen LogP contribution in [0.3, 0.4) is 0 Å². The van der Waals surface area contributed by atoms with Crippen LogP contribution in [0.1, 0.15) is 31.2 Å². The second kappa shape index (κ2) is 8.84. The molecule has 3 aromatic rings. The molecule has 1 aromatic carbocycles. The van der Waals surface area contributed by atoms with Crippen molar-refractivity contribution in [1.82, 2.24) is 24.0 Å². The molecule has 2 aromatic heterocycles. The highest BCUT2D eigenvalue weighted by Gasteiger charge is 2.15. The van der Waals surface area contributed by atoms with Gasteiger partial charge >= 0.3 is 0 Å². The fourth-order valence-electron chi connectivity index (χ4n) is 2.72. The molecule has 148 valence electrons. The lowest BCUT2D eigenvalue weighted by Gasteiger charge is -2.17. The highest BCUT2D eigenvalue weighted by Crippen LogP contribution is 2.23. The topological polar surface area (TPSA) is 56.0 Å². The monoisotopic (exact) mass is 417 g/mol. The van der Waals surface area contributed by atoms with Crippen LogP contribution in [0.5, 0.6) is 0 Å². The number of hydrogen-bond donors (Lipinski definition) is 0. The number of hydrogen-bond acceptors (Lipinski definition) is 4. The molecule has 2 heterocycles. The fourth-order valence-corrected chi connectivity index (χ4v) is 3.78. The Morgan fingerprint density at radius 2 is 1.96 bits per heavy atom. The van der Waals surface area contributed by atoms with Crippen molar-refractivity contribution in [1.29, 1.82) is 0 Å². The van der Waals surface area contributed by atoms with Gasteiger partial charge in [0.25, 0.3) is 0 Å². The van der Waals surface area contributed by atoms with Gasteiger partial charge in [-0.3, -0.25) is 9.36 Å². The Hall–Kier alpha value is -2.25. The normalized spacial score (nSPS) is 11.2. The standard InChI is InChI=1S/C20H24ClN5OS/c1-14(2)15-5-7-16(8-6-15)26-10-9-22-20(26)28-13-19(27)24(3)12-18-23-11-17(21)25(18)4/h5-11,14H,12-13H2,1-4H3. The lowest BCUT2D eigenvalue weighted by Crippen LogP contribution is -2.29. The number of aromatic nitrogens is 4. The maximum absolute atomic E-state index is 12.5. The van der Waals surface area contributed by atoms with E-state index in [0.717, 1.165) is 16.7 Å². The van der Waals surface area contributed by atoms with Gasteiger partial charge in [-0.2, -0.15) is 0 Å². The minimum absolute atomic E-state index is 0.00817. The minimum Gasteiger partial charge on any atom is -0.338 e. The summed E-state index contributed by atoms with van der Waals surface area (Å²) >= 11 is 7.43. The van der Waals surface area contributed by atoms with Gasteiger partial charge in [-0.1, -0.05) is 49.3 Å². The van der Waals surface area contributed by atoms with E-state index in [0.29, 0.717) is 23.4 Å². The molecule has 0 aliphatic heterocycles. The van der Waals surface area contributed by atoms with Crippen molar-refractivity contribution in [3.63, 3.8) is 0 Å². The van der Waals surface area contributed by atoms with Gasteiger partial charge in [-0.05, 0) is 23.6 Å². The molecule has 0 aliphatic rings. The van der Waals surface area contributed by atoms with Gasteiger partial charge in [0.05, 0.1) is 18.5 Å². The third-order valence-electron chi connectivity index (χ3n) is 4.60. The van der Waals surface area contributed by atoms with Crippen LogP contribution in [0, 0.1) is 0 Å². The number of amides is 1. The first-order valence-electron chi connectivity index (χ1n) is 9.03. The van der Waals surface area contributed by atoms with Crippen LogP contribution < -0.4 is 0 Å². The largest absolute Gasteiger partial charge is 0.338 e. The third-order valence-corrected chi connectivity index (χ3v) is 5.90. The number of thioether (sulfide) groups is 1. The summed E-state index contributed by atoms with van der Waals surface area (Å²) in [7, 11) is 3.60. The zero-order chi connectivity index (χ0) is 20.3. The molecule has 0 saturated carbocycles. The van der Waals surface area contributed by atoms with E-state index < -0.39 is 0 Å². The first-order valence-corrected chi connectivity index (χ1v) is 10.4. The predicted octanol–water partition coefficient (Wildman–Crippen LogP) is 4.13. The van der Waals surface area contributed by atoms with E-state index in [2.05, 4.69) is 48.1 Å². The Balaban J connectivity index is 1.63. The summed E-state index contributed by atoms with van der Waals surface area (Å²) < 4.78 is 3.77. The summed E-state index contributed by atoms with van der Waals surface area (Å²) in [5.74, 6) is 1.55.